The van der Waals surface area contributed by atoms with Gasteiger partial charge in [-0.3, -0.25) is 4.79 Å². The van der Waals surface area contributed by atoms with Crippen molar-refractivity contribution in [1.29, 1.82) is 0 Å². The lowest BCUT2D eigenvalue weighted by molar-refractivity contribution is 0.0905. The minimum absolute atomic E-state index is 0.185. The average molecular weight is 390 g/mol. The Bertz CT molecular complexity index is 949. The molecule has 3 aromatic rings. The van der Waals surface area contributed by atoms with Crippen molar-refractivity contribution in [2.24, 2.45) is 0 Å². The molecular weight excluding hydrogens is 373 g/mol. The predicted octanol–water partition coefficient (Wildman–Crippen LogP) is 2.89. The van der Waals surface area contributed by atoms with Gasteiger partial charge in [0.2, 0.25) is 0 Å². The van der Waals surface area contributed by atoms with Crippen molar-refractivity contribution in [3.63, 3.8) is 0 Å². The van der Waals surface area contributed by atoms with Crippen LogP contribution in [0.2, 0.25) is 5.02 Å². The molecule has 1 atom stereocenters. The van der Waals surface area contributed by atoms with Crippen LogP contribution in [0.5, 0.6) is 0 Å². The van der Waals surface area contributed by atoms with E-state index in [-0.39, 0.29) is 11.9 Å². The van der Waals surface area contributed by atoms with Gasteiger partial charge in [-0.25, -0.2) is 9.07 Å². The molecule has 0 spiro atoms. The molecule has 3 rings (SSSR count). The minimum atomic E-state index is -0.490. The van der Waals surface area contributed by atoms with Gasteiger partial charge in [-0.1, -0.05) is 11.6 Å². The summed E-state index contributed by atoms with van der Waals surface area (Å²) in [6.07, 6.45) is 1.40. The van der Waals surface area contributed by atoms with Gasteiger partial charge in [0, 0.05) is 29.3 Å². The highest BCUT2D eigenvalue weighted by Gasteiger charge is 2.15. The summed E-state index contributed by atoms with van der Waals surface area (Å²) >= 11 is 5.84. The first-order chi connectivity index (χ1) is 13.0. The molecule has 0 fully saturated rings. The summed E-state index contributed by atoms with van der Waals surface area (Å²) in [6, 6.07) is 9.11. The quantitative estimate of drug-likeness (QED) is 0.701. The Balaban J connectivity index is 2.05. The summed E-state index contributed by atoms with van der Waals surface area (Å²) in [4.78, 5) is 12.6. The average Bonchev–Trinajstić information content (AvgIpc) is 3.16. The molecule has 0 saturated heterocycles. The third kappa shape index (κ3) is 4.47. The number of aromatic nitrogens is 4. The number of amides is 1. The molecule has 2 aromatic carbocycles. The number of ether oxygens (including phenoxy) is 1. The SMILES string of the molecule is COC[C@@H](C)NC(=O)c1cc(-c2ccc(Cl)cc2F)cc(-n2cnnn2)c1. The Kier molecular flexibility index (Phi) is 5.78. The maximum Gasteiger partial charge on any atom is 0.251 e. The van der Waals surface area contributed by atoms with Gasteiger partial charge in [0.25, 0.3) is 5.91 Å². The number of benzene rings is 2. The molecule has 1 heterocycles. The summed E-state index contributed by atoms with van der Waals surface area (Å²) in [6.45, 7) is 2.20. The predicted molar refractivity (Wildman–Crippen MR) is 98.4 cm³/mol. The molecule has 0 unspecified atom stereocenters. The van der Waals surface area contributed by atoms with Crippen LogP contribution in [0.15, 0.2) is 42.7 Å². The fraction of sp³-hybridized carbons (Fsp3) is 0.222. The van der Waals surface area contributed by atoms with E-state index in [1.807, 2.05) is 6.92 Å². The third-order valence-electron chi connectivity index (χ3n) is 3.83. The van der Waals surface area contributed by atoms with Crippen LogP contribution < -0.4 is 5.32 Å². The normalized spacial score (nSPS) is 12.0. The zero-order valence-electron chi connectivity index (χ0n) is 14.7. The molecule has 9 heteroatoms. The molecule has 27 heavy (non-hydrogen) atoms. The molecule has 0 radical (unpaired) electrons. The number of methoxy groups -OCH3 is 1. The van der Waals surface area contributed by atoms with Crippen molar-refractivity contribution in [3.05, 3.63) is 59.1 Å². The van der Waals surface area contributed by atoms with Crippen LogP contribution in [0, 0.1) is 5.82 Å². The monoisotopic (exact) mass is 389 g/mol. The zero-order chi connectivity index (χ0) is 19.4. The highest BCUT2D eigenvalue weighted by atomic mass is 35.5. The van der Waals surface area contributed by atoms with Gasteiger partial charge in [-0.2, -0.15) is 0 Å². The molecule has 140 valence electrons. The Morgan fingerprint density at radius 3 is 2.81 bits per heavy atom. The number of nitrogens with zero attached hydrogens (tertiary/aromatic N) is 4. The van der Waals surface area contributed by atoms with Gasteiger partial charge >= 0.3 is 0 Å². The lowest BCUT2D eigenvalue weighted by Crippen LogP contribution is -2.35. The molecule has 7 nitrogen and oxygen atoms in total. The van der Waals surface area contributed by atoms with Crippen LogP contribution in [0.25, 0.3) is 16.8 Å². The summed E-state index contributed by atoms with van der Waals surface area (Å²) < 4.78 is 20.8. The number of nitrogens with one attached hydrogen (secondary N) is 1. The van der Waals surface area contributed by atoms with Crippen molar-refractivity contribution < 1.29 is 13.9 Å². The Labute approximate surface area is 160 Å². The van der Waals surface area contributed by atoms with Crippen molar-refractivity contribution in [3.8, 4) is 16.8 Å². The number of hydrogen-bond acceptors (Lipinski definition) is 5. The first-order valence-corrected chi connectivity index (χ1v) is 8.49. The van der Waals surface area contributed by atoms with Crippen molar-refractivity contribution in [2.45, 2.75) is 13.0 Å². The van der Waals surface area contributed by atoms with E-state index >= 15 is 0 Å². The number of tetrazole rings is 1. The topological polar surface area (TPSA) is 81.9 Å². The molecule has 0 aliphatic rings. The maximum absolute atomic E-state index is 14.4. The lowest BCUT2D eigenvalue weighted by Gasteiger charge is -2.14. The Morgan fingerprint density at radius 1 is 1.33 bits per heavy atom. The van der Waals surface area contributed by atoms with E-state index in [0.29, 0.717) is 34.0 Å². The minimum Gasteiger partial charge on any atom is -0.383 e. The first-order valence-electron chi connectivity index (χ1n) is 8.11. The second-order valence-corrected chi connectivity index (χ2v) is 6.41. The van der Waals surface area contributed by atoms with E-state index < -0.39 is 5.82 Å². The van der Waals surface area contributed by atoms with Crippen molar-refractivity contribution in [2.75, 3.05) is 13.7 Å². The molecule has 1 amide bonds. The molecule has 1 aromatic heterocycles. The number of carbonyl (C=O) groups is 1. The smallest absolute Gasteiger partial charge is 0.251 e. The fourth-order valence-electron chi connectivity index (χ4n) is 2.63. The highest BCUT2D eigenvalue weighted by molar-refractivity contribution is 6.30. The van der Waals surface area contributed by atoms with Crippen LogP contribution in [-0.4, -0.2) is 45.9 Å². The van der Waals surface area contributed by atoms with E-state index in [2.05, 4.69) is 20.8 Å². The van der Waals surface area contributed by atoms with Crippen LogP contribution in [0.1, 0.15) is 17.3 Å². The molecule has 0 bridgehead atoms. The van der Waals surface area contributed by atoms with E-state index in [1.165, 1.54) is 17.1 Å². The van der Waals surface area contributed by atoms with Crippen LogP contribution in [-0.2, 0) is 4.74 Å². The van der Waals surface area contributed by atoms with Gasteiger partial charge in [0.05, 0.1) is 12.3 Å². The number of hydrogen-bond donors (Lipinski definition) is 1. The largest absolute Gasteiger partial charge is 0.383 e. The Morgan fingerprint density at radius 2 is 2.15 bits per heavy atom. The van der Waals surface area contributed by atoms with Crippen molar-refractivity contribution in [1.82, 2.24) is 25.5 Å². The van der Waals surface area contributed by atoms with Gasteiger partial charge in [0.1, 0.15) is 12.1 Å². The number of rotatable bonds is 6. The summed E-state index contributed by atoms with van der Waals surface area (Å²) in [5.41, 5.74) is 1.68. The second kappa shape index (κ2) is 8.24. The molecule has 1 N–H and O–H groups in total. The highest BCUT2D eigenvalue weighted by Crippen LogP contribution is 2.28. The Hall–Kier alpha value is -2.84. The zero-order valence-corrected chi connectivity index (χ0v) is 15.4. The summed E-state index contributed by atoms with van der Waals surface area (Å²) in [5.74, 6) is -0.805. The summed E-state index contributed by atoms with van der Waals surface area (Å²) in [5, 5.41) is 14.2. The number of halogens is 2. The number of carbonyl (C=O) groups excluding carboxylic acids is 1. The third-order valence-corrected chi connectivity index (χ3v) is 4.06. The van der Waals surface area contributed by atoms with Gasteiger partial charge < -0.3 is 10.1 Å². The molecular formula is C18H17ClFN5O2. The maximum atomic E-state index is 14.4. The van der Waals surface area contributed by atoms with E-state index in [4.69, 9.17) is 16.3 Å². The molecule has 0 aliphatic heterocycles. The second-order valence-electron chi connectivity index (χ2n) is 5.98. The van der Waals surface area contributed by atoms with Gasteiger partial charge in [-0.15, -0.1) is 5.10 Å². The van der Waals surface area contributed by atoms with Crippen LogP contribution >= 0.6 is 11.6 Å². The molecule has 0 aliphatic carbocycles. The lowest BCUT2D eigenvalue weighted by atomic mass is 10.0. The van der Waals surface area contributed by atoms with Gasteiger partial charge in [0.15, 0.2) is 0 Å². The van der Waals surface area contributed by atoms with E-state index in [0.717, 1.165) is 0 Å². The molecule has 0 saturated carbocycles. The van der Waals surface area contributed by atoms with E-state index in [1.54, 1.807) is 37.4 Å². The van der Waals surface area contributed by atoms with Gasteiger partial charge in [-0.05, 0) is 59.3 Å². The summed E-state index contributed by atoms with van der Waals surface area (Å²) in [7, 11) is 1.56. The fourth-order valence-corrected chi connectivity index (χ4v) is 2.79. The van der Waals surface area contributed by atoms with Crippen LogP contribution in [0.4, 0.5) is 4.39 Å². The first kappa shape index (κ1) is 18.9. The van der Waals surface area contributed by atoms with E-state index in [9.17, 15) is 9.18 Å². The van der Waals surface area contributed by atoms with Crippen LogP contribution in [0.3, 0.4) is 0 Å². The van der Waals surface area contributed by atoms with Crippen molar-refractivity contribution >= 4 is 17.5 Å². The standard InChI is InChI=1S/C18H17ClFN5O2/c1-11(9-27-2)22-18(26)13-5-12(16-4-3-14(19)8-17(16)20)6-15(7-13)25-10-21-23-24-25/h3-8,10-11H,9H2,1-2H3,(H,22,26)/t11-/m1/s1.